The number of hydrogen-bond acceptors (Lipinski definition) is 4. The quantitative estimate of drug-likeness (QED) is 0.621. The van der Waals surface area contributed by atoms with Gasteiger partial charge in [-0.3, -0.25) is 0 Å². The van der Waals surface area contributed by atoms with Crippen molar-refractivity contribution in [2.24, 2.45) is 0 Å². The standard InChI is InChI=1S/C17H19NO5/c19-11-5-6-14-17(8-11,13(16(22)23)7-15(20)21)12-4-2-1-3-10(12)9-18-14/h1-4,7,11,14,18-19H,5-6,8-9H2,(H,20,21)(H,22,23)/b13-7+. The van der Waals surface area contributed by atoms with Gasteiger partial charge in [0.1, 0.15) is 0 Å². The SMILES string of the molecule is O=C(O)/C=C(\C(=O)O)C12CC(O)CCC1NCc1ccccc12. The Morgan fingerprint density at radius 2 is 1.96 bits per heavy atom. The largest absolute Gasteiger partial charge is 0.478 e. The number of nitrogens with one attached hydrogen (secondary N) is 1. The molecule has 23 heavy (non-hydrogen) atoms. The van der Waals surface area contributed by atoms with Crippen LogP contribution >= 0.6 is 0 Å². The van der Waals surface area contributed by atoms with E-state index in [1.165, 1.54) is 0 Å². The number of hydrogen-bond donors (Lipinski definition) is 4. The fraction of sp³-hybridized carbons (Fsp3) is 0.412. The molecule has 1 heterocycles. The van der Waals surface area contributed by atoms with Crippen molar-refractivity contribution in [3.63, 3.8) is 0 Å². The van der Waals surface area contributed by atoms with Crippen LogP contribution in [0.3, 0.4) is 0 Å². The van der Waals surface area contributed by atoms with Crippen molar-refractivity contribution in [2.45, 2.75) is 43.4 Å². The van der Waals surface area contributed by atoms with Gasteiger partial charge in [0.05, 0.1) is 11.7 Å². The molecule has 0 bridgehead atoms. The van der Waals surface area contributed by atoms with E-state index in [2.05, 4.69) is 5.32 Å². The van der Waals surface area contributed by atoms with E-state index < -0.39 is 23.5 Å². The maximum Gasteiger partial charge on any atom is 0.332 e. The normalized spacial score (nSPS) is 30.2. The zero-order valence-corrected chi connectivity index (χ0v) is 12.5. The van der Waals surface area contributed by atoms with Gasteiger partial charge in [-0.25, -0.2) is 9.59 Å². The molecule has 0 radical (unpaired) electrons. The van der Waals surface area contributed by atoms with Crippen molar-refractivity contribution in [3.8, 4) is 0 Å². The molecule has 4 N–H and O–H groups in total. The number of carboxylic acids is 2. The third-order valence-corrected chi connectivity index (χ3v) is 4.96. The van der Waals surface area contributed by atoms with Gasteiger partial charge in [-0.15, -0.1) is 0 Å². The van der Waals surface area contributed by atoms with Crippen LogP contribution in [0.2, 0.25) is 0 Å². The van der Waals surface area contributed by atoms with Crippen molar-refractivity contribution in [3.05, 3.63) is 47.0 Å². The summed E-state index contributed by atoms with van der Waals surface area (Å²) in [6, 6.07) is 7.24. The Hall–Kier alpha value is -2.18. The highest BCUT2D eigenvalue weighted by molar-refractivity contribution is 5.97. The van der Waals surface area contributed by atoms with Gasteiger partial charge in [0.2, 0.25) is 0 Å². The third kappa shape index (κ3) is 2.54. The summed E-state index contributed by atoms with van der Waals surface area (Å²) in [4.78, 5) is 23.1. The van der Waals surface area contributed by atoms with Crippen molar-refractivity contribution in [1.29, 1.82) is 0 Å². The number of rotatable bonds is 3. The van der Waals surface area contributed by atoms with Crippen LogP contribution in [-0.4, -0.2) is 39.4 Å². The molecule has 1 aromatic rings. The zero-order chi connectivity index (χ0) is 16.6. The first-order valence-corrected chi connectivity index (χ1v) is 7.63. The first-order valence-electron chi connectivity index (χ1n) is 7.63. The van der Waals surface area contributed by atoms with E-state index in [4.69, 9.17) is 5.11 Å². The Balaban J connectivity index is 2.27. The summed E-state index contributed by atoms with van der Waals surface area (Å²) < 4.78 is 0. The fourth-order valence-corrected chi connectivity index (χ4v) is 4.09. The van der Waals surface area contributed by atoms with E-state index in [0.717, 1.165) is 17.2 Å². The van der Waals surface area contributed by atoms with Crippen molar-refractivity contribution in [1.82, 2.24) is 5.32 Å². The highest BCUT2D eigenvalue weighted by Crippen LogP contribution is 2.48. The lowest BCUT2D eigenvalue weighted by Crippen LogP contribution is -2.58. The highest BCUT2D eigenvalue weighted by Gasteiger charge is 2.52. The summed E-state index contributed by atoms with van der Waals surface area (Å²) >= 11 is 0. The minimum atomic E-state index is -1.29. The van der Waals surface area contributed by atoms with Crippen molar-refractivity contribution < 1.29 is 24.9 Å². The van der Waals surface area contributed by atoms with Gasteiger partial charge in [0.25, 0.3) is 0 Å². The second-order valence-corrected chi connectivity index (χ2v) is 6.20. The maximum absolute atomic E-state index is 11.9. The molecule has 1 aromatic carbocycles. The summed E-state index contributed by atoms with van der Waals surface area (Å²) in [6.45, 7) is 0.610. The van der Waals surface area contributed by atoms with E-state index in [-0.39, 0.29) is 18.0 Å². The first kappa shape index (κ1) is 15.7. The maximum atomic E-state index is 11.9. The monoisotopic (exact) mass is 317 g/mol. The molecule has 1 aliphatic carbocycles. The number of aliphatic carboxylic acids is 2. The predicted molar refractivity (Wildman–Crippen MR) is 82.0 cm³/mol. The number of benzene rings is 1. The lowest BCUT2D eigenvalue weighted by molar-refractivity contribution is -0.136. The number of fused-ring (bicyclic) bond motifs is 3. The van der Waals surface area contributed by atoms with Gasteiger partial charge in [-0.2, -0.15) is 0 Å². The molecule has 0 spiro atoms. The minimum Gasteiger partial charge on any atom is -0.478 e. The van der Waals surface area contributed by atoms with Crippen LogP contribution in [-0.2, 0) is 21.5 Å². The van der Waals surface area contributed by atoms with Crippen LogP contribution < -0.4 is 5.32 Å². The molecule has 6 heteroatoms. The highest BCUT2D eigenvalue weighted by atomic mass is 16.4. The number of aliphatic hydroxyl groups is 1. The molecule has 2 aliphatic rings. The molecule has 0 aromatic heterocycles. The fourth-order valence-electron chi connectivity index (χ4n) is 4.09. The summed E-state index contributed by atoms with van der Waals surface area (Å²) in [5, 5.41) is 32.4. The summed E-state index contributed by atoms with van der Waals surface area (Å²) in [5.41, 5.74) is 0.540. The van der Waals surface area contributed by atoms with Gasteiger partial charge in [0, 0.05) is 24.1 Å². The Bertz CT molecular complexity index is 683. The Morgan fingerprint density at radius 3 is 2.65 bits per heavy atom. The van der Waals surface area contributed by atoms with E-state index in [1.54, 1.807) is 0 Å². The Kier molecular flexibility index (Phi) is 3.95. The van der Waals surface area contributed by atoms with Gasteiger partial charge in [0.15, 0.2) is 0 Å². The van der Waals surface area contributed by atoms with Gasteiger partial charge in [-0.1, -0.05) is 24.3 Å². The molecule has 1 fully saturated rings. The van der Waals surface area contributed by atoms with Crippen LogP contribution in [0.25, 0.3) is 0 Å². The lowest BCUT2D eigenvalue weighted by atomic mass is 9.58. The average molecular weight is 317 g/mol. The lowest BCUT2D eigenvalue weighted by Gasteiger charge is -2.50. The second-order valence-electron chi connectivity index (χ2n) is 6.20. The average Bonchev–Trinajstić information content (AvgIpc) is 2.51. The summed E-state index contributed by atoms with van der Waals surface area (Å²) in [7, 11) is 0. The Morgan fingerprint density at radius 1 is 1.22 bits per heavy atom. The molecule has 3 unspecified atom stereocenters. The predicted octanol–water partition coefficient (Wildman–Crippen LogP) is 1.04. The number of carbonyl (C=O) groups is 2. The minimum absolute atomic E-state index is 0.173. The topological polar surface area (TPSA) is 107 Å². The molecule has 1 aliphatic heterocycles. The molecule has 6 nitrogen and oxygen atoms in total. The van der Waals surface area contributed by atoms with Crippen LogP contribution in [0.5, 0.6) is 0 Å². The van der Waals surface area contributed by atoms with E-state index in [9.17, 15) is 19.8 Å². The first-order chi connectivity index (χ1) is 10.9. The molecule has 122 valence electrons. The molecule has 0 amide bonds. The Labute approximate surface area is 133 Å². The zero-order valence-electron chi connectivity index (χ0n) is 12.5. The molecular weight excluding hydrogens is 298 g/mol. The van der Waals surface area contributed by atoms with Gasteiger partial charge < -0.3 is 20.6 Å². The van der Waals surface area contributed by atoms with Crippen molar-refractivity contribution in [2.75, 3.05) is 0 Å². The molecule has 0 saturated heterocycles. The molecule has 3 rings (SSSR count). The van der Waals surface area contributed by atoms with E-state index in [1.807, 2.05) is 24.3 Å². The summed E-state index contributed by atoms with van der Waals surface area (Å²) in [6.07, 6.45) is 1.49. The third-order valence-electron chi connectivity index (χ3n) is 4.96. The summed E-state index contributed by atoms with van der Waals surface area (Å²) in [5.74, 6) is -2.55. The van der Waals surface area contributed by atoms with Crippen LogP contribution in [0.15, 0.2) is 35.9 Å². The van der Waals surface area contributed by atoms with E-state index in [0.29, 0.717) is 19.4 Å². The van der Waals surface area contributed by atoms with Gasteiger partial charge >= 0.3 is 11.9 Å². The number of carboxylic acid groups (broad SMARTS) is 2. The number of aliphatic hydroxyl groups excluding tert-OH is 1. The van der Waals surface area contributed by atoms with Crippen LogP contribution in [0.4, 0.5) is 0 Å². The van der Waals surface area contributed by atoms with Crippen LogP contribution in [0.1, 0.15) is 30.4 Å². The molecular formula is C17H19NO5. The molecule has 3 atom stereocenters. The molecule has 1 saturated carbocycles. The van der Waals surface area contributed by atoms with Gasteiger partial charge in [-0.05, 0) is 30.4 Å². The van der Waals surface area contributed by atoms with Crippen molar-refractivity contribution >= 4 is 11.9 Å². The van der Waals surface area contributed by atoms with E-state index >= 15 is 0 Å². The second kappa shape index (κ2) is 5.79. The smallest absolute Gasteiger partial charge is 0.332 e. The van der Waals surface area contributed by atoms with Crippen LogP contribution in [0, 0.1) is 0 Å².